The molecule has 0 aromatic heterocycles. The number of halogens is 2. The Kier molecular flexibility index (Phi) is 2.38. The molecule has 0 heterocycles. The van der Waals surface area contributed by atoms with E-state index in [1.54, 1.807) is 0 Å². The van der Waals surface area contributed by atoms with E-state index in [0.717, 1.165) is 12.1 Å². The zero-order valence-electron chi connectivity index (χ0n) is 6.38. The molecule has 0 aliphatic carbocycles. The summed E-state index contributed by atoms with van der Waals surface area (Å²) in [7, 11) is 0. The lowest BCUT2D eigenvalue weighted by Crippen LogP contribution is -1.96. The third-order valence-corrected chi connectivity index (χ3v) is 1.49. The van der Waals surface area contributed by atoms with Crippen molar-refractivity contribution in [3.63, 3.8) is 0 Å². The van der Waals surface area contributed by atoms with Crippen molar-refractivity contribution in [1.82, 2.24) is 0 Å². The van der Waals surface area contributed by atoms with E-state index in [4.69, 9.17) is 5.21 Å². The molecule has 0 atom stereocenters. The Morgan fingerprint density at radius 1 is 1.33 bits per heavy atom. The van der Waals surface area contributed by atoms with Gasteiger partial charge in [-0.1, -0.05) is 5.16 Å². The highest BCUT2D eigenvalue weighted by atomic mass is 19.2. The van der Waals surface area contributed by atoms with E-state index in [1.807, 2.05) is 0 Å². The van der Waals surface area contributed by atoms with Gasteiger partial charge < -0.3 is 5.21 Å². The summed E-state index contributed by atoms with van der Waals surface area (Å²) in [6.07, 6.45) is 0. The SMILES string of the molecule is C/C(=N\O)c1ccc(F)c(F)c1. The largest absolute Gasteiger partial charge is 0.411 e. The second kappa shape index (κ2) is 3.30. The van der Waals surface area contributed by atoms with Gasteiger partial charge in [-0.15, -0.1) is 0 Å². The van der Waals surface area contributed by atoms with E-state index >= 15 is 0 Å². The van der Waals surface area contributed by atoms with Gasteiger partial charge in [0.25, 0.3) is 0 Å². The Morgan fingerprint density at radius 3 is 2.50 bits per heavy atom. The molecule has 1 aromatic rings. The topological polar surface area (TPSA) is 32.6 Å². The van der Waals surface area contributed by atoms with Crippen molar-refractivity contribution in [2.24, 2.45) is 5.16 Å². The lowest BCUT2D eigenvalue weighted by atomic mass is 10.1. The van der Waals surface area contributed by atoms with Crippen molar-refractivity contribution in [1.29, 1.82) is 0 Å². The van der Waals surface area contributed by atoms with Crippen LogP contribution in [-0.4, -0.2) is 10.9 Å². The van der Waals surface area contributed by atoms with Gasteiger partial charge in [0, 0.05) is 5.56 Å². The average molecular weight is 171 g/mol. The maximum absolute atomic E-state index is 12.6. The van der Waals surface area contributed by atoms with Gasteiger partial charge in [-0.25, -0.2) is 8.78 Å². The van der Waals surface area contributed by atoms with Crippen molar-refractivity contribution in [3.8, 4) is 0 Å². The Morgan fingerprint density at radius 2 is 2.00 bits per heavy atom. The predicted octanol–water partition coefficient (Wildman–Crippen LogP) is 2.16. The van der Waals surface area contributed by atoms with Gasteiger partial charge in [0.1, 0.15) is 0 Å². The summed E-state index contributed by atoms with van der Waals surface area (Å²) in [5.74, 6) is -1.86. The van der Waals surface area contributed by atoms with E-state index in [9.17, 15) is 8.78 Å². The number of oxime groups is 1. The Balaban J connectivity index is 3.13. The molecule has 1 aromatic carbocycles. The second-order valence-electron chi connectivity index (χ2n) is 2.31. The lowest BCUT2D eigenvalue weighted by molar-refractivity contribution is 0.319. The van der Waals surface area contributed by atoms with Crippen molar-refractivity contribution in [2.45, 2.75) is 6.92 Å². The second-order valence-corrected chi connectivity index (χ2v) is 2.31. The van der Waals surface area contributed by atoms with Gasteiger partial charge in [0.05, 0.1) is 5.71 Å². The van der Waals surface area contributed by atoms with Gasteiger partial charge in [-0.2, -0.15) is 0 Å². The van der Waals surface area contributed by atoms with Crippen LogP contribution in [0.1, 0.15) is 12.5 Å². The number of hydrogen-bond acceptors (Lipinski definition) is 2. The zero-order chi connectivity index (χ0) is 9.14. The summed E-state index contributed by atoms with van der Waals surface area (Å²) < 4.78 is 25.0. The molecule has 0 bridgehead atoms. The summed E-state index contributed by atoms with van der Waals surface area (Å²) >= 11 is 0. The molecule has 12 heavy (non-hydrogen) atoms. The third kappa shape index (κ3) is 1.58. The quantitative estimate of drug-likeness (QED) is 0.392. The zero-order valence-corrected chi connectivity index (χ0v) is 6.38. The van der Waals surface area contributed by atoms with Crippen LogP contribution in [0.4, 0.5) is 8.78 Å². The summed E-state index contributed by atoms with van der Waals surface area (Å²) in [6.45, 7) is 1.49. The maximum Gasteiger partial charge on any atom is 0.159 e. The van der Waals surface area contributed by atoms with Crippen LogP contribution in [0.2, 0.25) is 0 Å². The Labute approximate surface area is 68.1 Å². The van der Waals surface area contributed by atoms with Gasteiger partial charge in [-0.05, 0) is 25.1 Å². The molecule has 0 aliphatic rings. The summed E-state index contributed by atoms with van der Waals surface area (Å²) in [5, 5.41) is 11.2. The van der Waals surface area contributed by atoms with Crippen LogP contribution in [0.5, 0.6) is 0 Å². The van der Waals surface area contributed by atoms with E-state index < -0.39 is 11.6 Å². The molecule has 2 nitrogen and oxygen atoms in total. The molecule has 0 saturated heterocycles. The van der Waals surface area contributed by atoms with E-state index in [-0.39, 0.29) is 5.71 Å². The van der Waals surface area contributed by atoms with Crippen LogP contribution in [-0.2, 0) is 0 Å². The van der Waals surface area contributed by atoms with E-state index in [2.05, 4.69) is 5.16 Å². The van der Waals surface area contributed by atoms with Crippen molar-refractivity contribution in [2.75, 3.05) is 0 Å². The first kappa shape index (κ1) is 8.64. The van der Waals surface area contributed by atoms with Crippen molar-refractivity contribution >= 4 is 5.71 Å². The molecule has 0 radical (unpaired) electrons. The van der Waals surface area contributed by atoms with Gasteiger partial charge in [0.2, 0.25) is 0 Å². The summed E-state index contributed by atoms with van der Waals surface area (Å²) in [6, 6.07) is 3.30. The molecule has 0 saturated carbocycles. The minimum Gasteiger partial charge on any atom is -0.411 e. The first-order chi connectivity index (χ1) is 5.65. The number of rotatable bonds is 1. The molecule has 4 heteroatoms. The van der Waals surface area contributed by atoms with E-state index in [0.29, 0.717) is 5.56 Å². The number of hydrogen-bond donors (Lipinski definition) is 1. The Hall–Kier alpha value is -1.45. The van der Waals surface area contributed by atoms with Crippen molar-refractivity contribution < 1.29 is 14.0 Å². The van der Waals surface area contributed by atoms with Crippen LogP contribution in [0, 0.1) is 11.6 Å². The molecular weight excluding hydrogens is 164 g/mol. The van der Waals surface area contributed by atoms with Crippen LogP contribution >= 0.6 is 0 Å². The lowest BCUT2D eigenvalue weighted by Gasteiger charge is -1.98. The van der Waals surface area contributed by atoms with Gasteiger partial charge >= 0.3 is 0 Å². The molecule has 1 N–H and O–H groups in total. The number of nitrogens with zero attached hydrogens (tertiary/aromatic N) is 1. The monoisotopic (exact) mass is 171 g/mol. The fourth-order valence-electron chi connectivity index (χ4n) is 0.779. The molecule has 0 aliphatic heterocycles. The van der Waals surface area contributed by atoms with Crippen LogP contribution < -0.4 is 0 Å². The first-order valence-electron chi connectivity index (χ1n) is 3.29. The van der Waals surface area contributed by atoms with Crippen LogP contribution in [0.25, 0.3) is 0 Å². The highest BCUT2D eigenvalue weighted by Crippen LogP contribution is 2.09. The smallest absolute Gasteiger partial charge is 0.159 e. The fraction of sp³-hybridized carbons (Fsp3) is 0.125. The highest BCUT2D eigenvalue weighted by Gasteiger charge is 2.04. The van der Waals surface area contributed by atoms with Crippen LogP contribution in [0.3, 0.4) is 0 Å². The first-order valence-corrected chi connectivity index (χ1v) is 3.29. The Bertz CT molecular complexity index is 323. The molecule has 1 rings (SSSR count). The third-order valence-electron chi connectivity index (χ3n) is 1.49. The van der Waals surface area contributed by atoms with E-state index in [1.165, 1.54) is 13.0 Å². The molecular formula is C8H7F2NO. The normalized spacial score (nSPS) is 11.8. The van der Waals surface area contributed by atoms with Gasteiger partial charge in [0.15, 0.2) is 11.6 Å². The minimum absolute atomic E-state index is 0.244. The molecule has 64 valence electrons. The fourth-order valence-corrected chi connectivity index (χ4v) is 0.779. The van der Waals surface area contributed by atoms with Crippen molar-refractivity contribution in [3.05, 3.63) is 35.4 Å². The summed E-state index contributed by atoms with van der Waals surface area (Å²) in [5.41, 5.74) is 0.602. The van der Waals surface area contributed by atoms with Crippen LogP contribution in [0.15, 0.2) is 23.4 Å². The standard InChI is InChI=1S/C8H7F2NO/c1-5(11-12)6-2-3-7(9)8(10)4-6/h2-4,12H,1H3/b11-5+. The highest BCUT2D eigenvalue weighted by molar-refractivity contribution is 5.98. The molecule has 0 unspecified atom stereocenters. The molecule has 0 fully saturated rings. The summed E-state index contributed by atoms with van der Waals surface area (Å²) in [4.78, 5) is 0. The van der Waals surface area contributed by atoms with Gasteiger partial charge in [-0.3, -0.25) is 0 Å². The average Bonchev–Trinajstić information content (AvgIpc) is 2.08. The molecule has 0 spiro atoms. The minimum atomic E-state index is -0.949. The molecule has 0 amide bonds. The predicted molar refractivity (Wildman–Crippen MR) is 40.4 cm³/mol. The maximum atomic E-state index is 12.6. The number of benzene rings is 1.